The lowest BCUT2D eigenvalue weighted by Gasteiger charge is -2.00. The summed E-state index contributed by atoms with van der Waals surface area (Å²) in [6, 6.07) is 2.09. The van der Waals surface area contributed by atoms with Gasteiger partial charge in [0.05, 0.1) is 12.5 Å². The summed E-state index contributed by atoms with van der Waals surface area (Å²) in [7, 11) is 0. The van der Waals surface area contributed by atoms with Gasteiger partial charge in [-0.25, -0.2) is 0 Å². The lowest BCUT2D eigenvalue weighted by atomic mass is 10.3. The van der Waals surface area contributed by atoms with E-state index in [0.29, 0.717) is 6.42 Å². The molecular formula is C4H9N3. The van der Waals surface area contributed by atoms with Crippen LogP contribution in [0.15, 0.2) is 0 Å². The Morgan fingerprint density at radius 3 is 2.71 bits per heavy atom. The van der Waals surface area contributed by atoms with Gasteiger partial charge in [-0.3, -0.25) is 11.3 Å². The zero-order valence-electron chi connectivity index (χ0n) is 4.31. The van der Waals surface area contributed by atoms with Crippen molar-refractivity contribution in [2.45, 2.75) is 19.4 Å². The number of nitriles is 1. The highest BCUT2D eigenvalue weighted by molar-refractivity contribution is 4.75. The van der Waals surface area contributed by atoms with Crippen LogP contribution in [-0.4, -0.2) is 6.04 Å². The third kappa shape index (κ3) is 3.23. The zero-order valence-corrected chi connectivity index (χ0v) is 4.31. The Bertz CT molecular complexity index is 73.5. The molecule has 0 saturated carbocycles. The average Bonchev–Trinajstić information content (AvgIpc) is 1.68. The first-order valence-electron chi connectivity index (χ1n) is 2.14. The highest BCUT2D eigenvalue weighted by atomic mass is 15.2. The Balaban J connectivity index is 3.03. The molecule has 3 heteroatoms. The molecule has 0 amide bonds. The van der Waals surface area contributed by atoms with Crippen molar-refractivity contribution >= 4 is 0 Å². The third-order valence-electron chi connectivity index (χ3n) is 0.682. The fourth-order valence-electron chi connectivity index (χ4n) is 0.196. The molecule has 0 aromatic carbocycles. The number of nitrogens with zero attached hydrogens (tertiary/aromatic N) is 1. The molecule has 1 atom stereocenters. The van der Waals surface area contributed by atoms with Crippen LogP contribution in [0.4, 0.5) is 0 Å². The van der Waals surface area contributed by atoms with E-state index in [1.165, 1.54) is 0 Å². The third-order valence-corrected chi connectivity index (χ3v) is 0.682. The number of hydrazine groups is 1. The zero-order chi connectivity index (χ0) is 5.70. The summed E-state index contributed by atoms with van der Waals surface area (Å²) in [5.74, 6) is 4.96. The van der Waals surface area contributed by atoms with Crippen molar-refractivity contribution < 1.29 is 0 Å². The normalized spacial score (nSPS) is 12.7. The maximum atomic E-state index is 8.02. The Morgan fingerprint density at radius 2 is 2.57 bits per heavy atom. The highest BCUT2D eigenvalue weighted by Gasteiger charge is 1.92. The van der Waals surface area contributed by atoms with Crippen LogP contribution in [-0.2, 0) is 0 Å². The molecule has 7 heavy (non-hydrogen) atoms. The summed E-state index contributed by atoms with van der Waals surface area (Å²) < 4.78 is 0. The molecule has 0 rings (SSSR count). The number of nitrogens with two attached hydrogens (primary N) is 1. The predicted molar refractivity (Wildman–Crippen MR) is 27.0 cm³/mol. The SMILES string of the molecule is C[C@H](CC#N)NN. The van der Waals surface area contributed by atoms with Crippen molar-refractivity contribution in [3.8, 4) is 6.07 Å². The van der Waals surface area contributed by atoms with E-state index in [2.05, 4.69) is 5.43 Å². The standard InChI is InChI=1S/C4H9N3/c1-4(7-6)2-3-5/h4,7H,2,6H2,1H3/t4-/m1/s1. The monoisotopic (exact) mass is 99.1 g/mol. The van der Waals surface area contributed by atoms with Gasteiger partial charge in [-0.05, 0) is 6.92 Å². The van der Waals surface area contributed by atoms with Crippen molar-refractivity contribution in [3.63, 3.8) is 0 Å². The van der Waals surface area contributed by atoms with E-state index in [1.54, 1.807) is 0 Å². The second-order valence-corrected chi connectivity index (χ2v) is 1.43. The Morgan fingerprint density at radius 1 is 2.00 bits per heavy atom. The summed E-state index contributed by atoms with van der Waals surface area (Å²) in [5.41, 5.74) is 2.44. The van der Waals surface area contributed by atoms with Crippen molar-refractivity contribution in [2.75, 3.05) is 0 Å². The average molecular weight is 99.1 g/mol. The highest BCUT2D eigenvalue weighted by Crippen LogP contribution is 1.81. The van der Waals surface area contributed by atoms with Crippen LogP contribution in [0.25, 0.3) is 0 Å². The van der Waals surface area contributed by atoms with Gasteiger partial charge in [-0.15, -0.1) is 0 Å². The number of hydrogen-bond acceptors (Lipinski definition) is 3. The largest absolute Gasteiger partial charge is 0.271 e. The van der Waals surface area contributed by atoms with Crippen LogP contribution >= 0.6 is 0 Å². The Kier molecular flexibility index (Phi) is 3.29. The topological polar surface area (TPSA) is 61.8 Å². The molecule has 0 aromatic rings. The van der Waals surface area contributed by atoms with Crippen LogP contribution < -0.4 is 11.3 Å². The first-order chi connectivity index (χ1) is 3.31. The molecule has 0 heterocycles. The summed E-state index contributed by atoms with van der Waals surface area (Å²) in [4.78, 5) is 0. The smallest absolute Gasteiger partial charge is 0.0638 e. The first kappa shape index (κ1) is 6.41. The molecule has 0 saturated heterocycles. The molecule has 0 aliphatic rings. The van der Waals surface area contributed by atoms with Crippen molar-refractivity contribution in [1.29, 1.82) is 5.26 Å². The van der Waals surface area contributed by atoms with Crippen molar-refractivity contribution in [3.05, 3.63) is 0 Å². The fraction of sp³-hybridized carbons (Fsp3) is 0.750. The molecule has 0 aliphatic carbocycles. The fourth-order valence-corrected chi connectivity index (χ4v) is 0.196. The predicted octanol–water partition coefficient (Wildman–Crippen LogP) is -0.248. The van der Waals surface area contributed by atoms with Gasteiger partial charge in [0, 0.05) is 6.04 Å². The summed E-state index contributed by atoms with van der Waals surface area (Å²) in [6.45, 7) is 1.85. The van der Waals surface area contributed by atoms with E-state index in [4.69, 9.17) is 11.1 Å². The van der Waals surface area contributed by atoms with Crippen LogP contribution in [0.3, 0.4) is 0 Å². The number of hydrogen-bond donors (Lipinski definition) is 2. The lowest BCUT2D eigenvalue weighted by molar-refractivity contribution is 0.581. The van der Waals surface area contributed by atoms with Crippen LogP contribution in [0.5, 0.6) is 0 Å². The van der Waals surface area contributed by atoms with Gasteiger partial charge in [0.15, 0.2) is 0 Å². The van der Waals surface area contributed by atoms with Gasteiger partial charge < -0.3 is 0 Å². The summed E-state index contributed by atoms with van der Waals surface area (Å²) in [5, 5.41) is 8.02. The first-order valence-corrected chi connectivity index (χ1v) is 2.14. The molecule has 3 nitrogen and oxygen atoms in total. The minimum absolute atomic E-state index is 0.116. The van der Waals surface area contributed by atoms with E-state index in [1.807, 2.05) is 13.0 Å². The molecule has 0 bridgehead atoms. The van der Waals surface area contributed by atoms with Crippen molar-refractivity contribution in [2.24, 2.45) is 5.84 Å². The molecule has 40 valence electrons. The Labute approximate surface area is 43.1 Å². The van der Waals surface area contributed by atoms with E-state index in [9.17, 15) is 0 Å². The van der Waals surface area contributed by atoms with E-state index in [0.717, 1.165) is 0 Å². The summed E-state index contributed by atoms with van der Waals surface area (Å²) >= 11 is 0. The van der Waals surface area contributed by atoms with Gasteiger partial charge >= 0.3 is 0 Å². The van der Waals surface area contributed by atoms with Crippen LogP contribution in [0.2, 0.25) is 0 Å². The molecule has 0 aliphatic heterocycles. The molecule has 0 unspecified atom stereocenters. The molecule has 0 fully saturated rings. The minimum atomic E-state index is 0.116. The number of rotatable bonds is 2. The lowest BCUT2D eigenvalue weighted by Crippen LogP contribution is -2.31. The summed E-state index contributed by atoms with van der Waals surface area (Å²) in [6.07, 6.45) is 0.469. The molecule has 0 radical (unpaired) electrons. The van der Waals surface area contributed by atoms with Gasteiger partial charge in [-0.1, -0.05) is 0 Å². The van der Waals surface area contributed by atoms with E-state index in [-0.39, 0.29) is 6.04 Å². The van der Waals surface area contributed by atoms with Crippen LogP contribution in [0, 0.1) is 11.3 Å². The molecule has 0 spiro atoms. The van der Waals surface area contributed by atoms with E-state index >= 15 is 0 Å². The van der Waals surface area contributed by atoms with Crippen LogP contribution in [0.1, 0.15) is 13.3 Å². The maximum Gasteiger partial charge on any atom is 0.0638 e. The van der Waals surface area contributed by atoms with Gasteiger partial charge in [-0.2, -0.15) is 5.26 Å². The molecule has 0 aromatic heterocycles. The van der Waals surface area contributed by atoms with Crippen molar-refractivity contribution in [1.82, 2.24) is 5.43 Å². The Hall–Kier alpha value is -0.590. The minimum Gasteiger partial charge on any atom is -0.271 e. The van der Waals surface area contributed by atoms with Gasteiger partial charge in [0.1, 0.15) is 0 Å². The quantitative estimate of drug-likeness (QED) is 0.370. The van der Waals surface area contributed by atoms with Gasteiger partial charge in [0.2, 0.25) is 0 Å². The van der Waals surface area contributed by atoms with Gasteiger partial charge in [0.25, 0.3) is 0 Å². The molecule has 3 N–H and O–H groups in total. The number of nitrogens with one attached hydrogen (secondary N) is 1. The second kappa shape index (κ2) is 3.59. The second-order valence-electron chi connectivity index (χ2n) is 1.43. The maximum absolute atomic E-state index is 8.02. The van der Waals surface area contributed by atoms with E-state index < -0.39 is 0 Å². The molecular weight excluding hydrogens is 90.1 g/mol.